The Morgan fingerprint density at radius 1 is 1.09 bits per heavy atom. The second-order valence-corrected chi connectivity index (χ2v) is 6.26. The molecule has 2 unspecified atom stereocenters. The Morgan fingerprint density at radius 3 is 2.36 bits per heavy atom. The minimum Gasteiger partial charge on any atom is -0.489 e. The molecule has 2 amide bonds. The van der Waals surface area contributed by atoms with Gasteiger partial charge in [0, 0.05) is 6.04 Å². The maximum atomic E-state index is 12.3. The number of nitrogens with one attached hydrogen (secondary N) is 2. The second kappa shape index (κ2) is 6.81. The standard InChI is InChI=1S/C17H24N2O3/c1-10(2)18-16(20)12-9-13(12)17(21)19-14-7-5-6-8-15(14)22-11(3)4/h5-8,10-13H,9H2,1-4H3,(H,18,20)(H,19,21). The summed E-state index contributed by atoms with van der Waals surface area (Å²) in [5, 5.41) is 5.72. The van der Waals surface area contributed by atoms with Gasteiger partial charge in [-0.05, 0) is 46.2 Å². The SMILES string of the molecule is CC(C)NC(=O)C1CC1C(=O)Nc1ccccc1OC(C)C. The molecule has 5 nitrogen and oxygen atoms in total. The summed E-state index contributed by atoms with van der Waals surface area (Å²) in [6.45, 7) is 7.70. The summed E-state index contributed by atoms with van der Waals surface area (Å²) >= 11 is 0. The third kappa shape index (κ3) is 4.23. The fourth-order valence-corrected chi connectivity index (χ4v) is 2.32. The quantitative estimate of drug-likeness (QED) is 0.849. The molecule has 0 heterocycles. The van der Waals surface area contributed by atoms with E-state index >= 15 is 0 Å². The molecule has 0 spiro atoms. The number of hydrogen-bond acceptors (Lipinski definition) is 3. The van der Waals surface area contributed by atoms with Crippen LogP contribution in [-0.2, 0) is 9.59 Å². The maximum Gasteiger partial charge on any atom is 0.228 e. The molecule has 0 aromatic heterocycles. The van der Waals surface area contributed by atoms with Gasteiger partial charge in [0.2, 0.25) is 11.8 Å². The molecule has 0 aliphatic heterocycles. The van der Waals surface area contributed by atoms with E-state index in [0.717, 1.165) is 0 Å². The number of anilines is 1. The number of amides is 2. The van der Waals surface area contributed by atoms with Crippen molar-refractivity contribution < 1.29 is 14.3 Å². The van der Waals surface area contributed by atoms with E-state index in [0.29, 0.717) is 17.9 Å². The van der Waals surface area contributed by atoms with Crippen molar-refractivity contribution in [3.8, 4) is 5.75 Å². The van der Waals surface area contributed by atoms with Crippen LogP contribution in [0.25, 0.3) is 0 Å². The van der Waals surface area contributed by atoms with Gasteiger partial charge in [-0.25, -0.2) is 0 Å². The Labute approximate surface area is 131 Å². The summed E-state index contributed by atoms with van der Waals surface area (Å²) in [6, 6.07) is 7.44. The first-order valence-corrected chi connectivity index (χ1v) is 7.75. The van der Waals surface area contributed by atoms with E-state index in [-0.39, 0.29) is 35.8 Å². The molecule has 1 fully saturated rings. The molecule has 2 atom stereocenters. The van der Waals surface area contributed by atoms with E-state index in [4.69, 9.17) is 4.74 Å². The predicted molar refractivity (Wildman–Crippen MR) is 85.7 cm³/mol. The van der Waals surface area contributed by atoms with Crippen molar-refractivity contribution >= 4 is 17.5 Å². The number of rotatable bonds is 6. The third-order valence-corrected chi connectivity index (χ3v) is 3.40. The normalized spacial score (nSPS) is 19.9. The first-order valence-electron chi connectivity index (χ1n) is 7.75. The first-order chi connectivity index (χ1) is 10.4. The van der Waals surface area contributed by atoms with Crippen LogP contribution in [0.2, 0.25) is 0 Å². The highest BCUT2D eigenvalue weighted by atomic mass is 16.5. The average Bonchev–Trinajstić information content (AvgIpc) is 3.20. The summed E-state index contributed by atoms with van der Waals surface area (Å²) in [4.78, 5) is 24.1. The number of carbonyl (C=O) groups is 2. The Hall–Kier alpha value is -2.04. The zero-order chi connectivity index (χ0) is 16.3. The Balaban J connectivity index is 1.95. The molecule has 1 saturated carbocycles. The molecule has 0 bridgehead atoms. The summed E-state index contributed by atoms with van der Waals surface area (Å²) in [5.74, 6) is 0.0340. The molecule has 2 rings (SSSR count). The van der Waals surface area contributed by atoms with E-state index in [2.05, 4.69) is 10.6 Å². The van der Waals surface area contributed by atoms with Crippen molar-refractivity contribution in [3.63, 3.8) is 0 Å². The highest BCUT2D eigenvalue weighted by Gasteiger charge is 2.48. The maximum absolute atomic E-state index is 12.3. The lowest BCUT2D eigenvalue weighted by atomic mass is 10.2. The fourth-order valence-electron chi connectivity index (χ4n) is 2.32. The lowest BCUT2D eigenvalue weighted by Gasteiger charge is -2.14. The van der Waals surface area contributed by atoms with Gasteiger partial charge in [0.05, 0.1) is 23.6 Å². The monoisotopic (exact) mass is 304 g/mol. The highest BCUT2D eigenvalue weighted by molar-refractivity contribution is 6.00. The third-order valence-electron chi connectivity index (χ3n) is 3.40. The average molecular weight is 304 g/mol. The second-order valence-electron chi connectivity index (χ2n) is 6.26. The van der Waals surface area contributed by atoms with Gasteiger partial charge in [-0.1, -0.05) is 12.1 Å². The van der Waals surface area contributed by atoms with E-state index in [9.17, 15) is 9.59 Å². The molecule has 1 aromatic rings. The molecule has 1 aromatic carbocycles. The molecule has 1 aliphatic carbocycles. The molecule has 0 saturated heterocycles. The van der Waals surface area contributed by atoms with Crippen molar-refractivity contribution in [1.82, 2.24) is 5.32 Å². The molecule has 5 heteroatoms. The van der Waals surface area contributed by atoms with Crippen molar-refractivity contribution in [1.29, 1.82) is 0 Å². The van der Waals surface area contributed by atoms with Crippen molar-refractivity contribution in [3.05, 3.63) is 24.3 Å². The summed E-state index contributed by atoms with van der Waals surface area (Å²) in [6.07, 6.45) is 0.640. The van der Waals surface area contributed by atoms with Crippen molar-refractivity contribution in [2.75, 3.05) is 5.32 Å². The summed E-state index contributed by atoms with van der Waals surface area (Å²) in [5.41, 5.74) is 0.649. The molecule has 22 heavy (non-hydrogen) atoms. The van der Waals surface area contributed by atoms with Gasteiger partial charge < -0.3 is 15.4 Å². The van der Waals surface area contributed by atoms with Crippen LogP contribution >= 0.6 is 0 Å². The van der Waals surface area contributed by atoms with Crippen LogP contribution in [0, 0.1) is 11.8 Å². The Kier molecular flexibility index (Phi) is 5.06. The topological polar surface area (TPSA) is 67.4 Å². The highest BCUT2D eigenvalue weighted by Crippen LogP contribution is 2.40. The van der Waals surface area contributed by atoms with Crippen LogP contribution in [-0.4, -0.2) is 24.0 Å². The zero-order valence-corrected chi connectivity index (χ0v) is 13.6. The number of hydrogen-bond donors (Lipinski definition) is 2. The molecule has 1 aliphatic rings. The number of benzene rings is 1. The largest absolute Gasteiger partial charge is 0.489 e. The fraction of sp³-hybridized carbons (Fsp3) is 0.529. The Morgan fingerprint density at radius 2 is 1.73 bits per heavy atom. The van der Waals surface area contributed by atoms with Crippen molar-refractivity contribution in [2.24, 2.45) is 11.8 Å². The van der Waals surface area contributed by atoms with E-state index < -0.39 is 0 Å². The zero-order valence-electron chi connectivity index (χ0n) is 13.6. The van der Waals surface area contributed by atoms with Gasteiger partial charge in [0.25, 0.3) is 0 Å². The molecular formula is C17H24N2O3. The van der Waals surface area contributed by atoms with Gasteiger partial charge in [0.15, 0.2) is 0 Å². The number of carbonyl (C=O) groups excluding carboxylic acids is 2. The van der Waals surface area contributed by atoms with Crippen LogP contribution in [0.1, 0.15) is 34.1 Å². The van der Waals surface area contributed by atoms with Gasteiger partial charge in [-0.3, -0.25) is 9.59 Å². The van der Waals surface area contributed by atoms with Crippen LogP contribution in [0.15, 0.2) is 24.3 Å². The van der Waals surface area contributed by atoms with E-state index in [1.807, 2.05) is 45.9 Å². The van der Waals surface area contributed by atoms with Gasteiger partial charge in [0.1, 0.15) is 5.75 Å². The number of para-hydroxylation sites is 2. The van der Waals surface area contributed by atoms with Gasteiger partial charge in [-0.15, -0.1) is 0 Å². The van der Waals surface area contributed by atoms with Gasteiger partial charge >= 0.3 is 0 Å². The van der Waals surface area contributed by atoms with Crippen LogP contribution in [0.3, 0.4) is 0 Å². The van der Waals surface area contributed by atoms with E-state index in [1.165, 1.54) is 0 Å². The predicted octanol–water partition coefficient (Wildman–Crippen LogP) is 2.57. The lowest BCUT2D eigenvalue weighted by Crippen LogP contribution is -2.32. The number of ether oxygens (including phenoxy) is 1. The van der Waals surface area contributed by atoms with Crippen LogP contribution in [0.4, 0.5) is 5.69 Å². The molecule has 120 valence electrons. The molecule has 0 radical (unpaired) electrons. The first kappa shape index (κ1) is 16.3. The summed E-state index contributed by atoms with van der Waals surface area (Å²) < 4.78 is 5.68. The van der Waals surface area contributed by atoms with E-state index in [1.54, 1.807) is 6.07 Å². The molecular weight excluding hydrogens is 280 g/mol. The van der Waals surface area contributed by atoms with Crippen molar-refractivity contribution in [2.45, 2.75) is 46.3 Å². The summed E-state index contributed by atoms with van der Waals surface area (Å²) in [7, 11) is 0. The minimum atomic E-state index is -0.245. The molecule has 2 N–H and O–H groups in total. The smallest absolute Gasteiger partial charge is 0.228 e. The minimum absolute atomic E-state index is 0.0311. The Bertz CT molecular complexity index is 555. The van der Waals surface area contributed by atoms with Crippen LogP contribution < -0.4 is 15.4 Å². The van der Waals surface area contributed by atoms with Crippen LogP contribution in [0.5, 0.6) is 5.75 Å². The lowest BCUT2D eigenvalue weighted by molar-refractivity contribution is -0.125. The van der Waals surface area contributed by atoms with Gasteiger partial charge in [-0.2, -0.15) is 0 Å².